The van der Waals surface area contributed by atoms with Gasteiger partial charge in [-0.05, 0) is 12.1 Å². The molecule has 0 heterocycles. The summed E-state index contributed by atoms with van der Waals surface area (Å²) in [7, 11) is 1.69. The van der Waals surface area contributed by atoms with E-state index in [9.17, 15) is 0 Å². The first-order valence-corrected chi connectivity index (χ1v) is 4.26. The molecule has 1 aromatic carbocycles. The molecule has 0 radical (unpaired) electrons. The molecule has 0 aliphatic carbocycles. The molecule has 0 atom stereocenters. The Kier molecular flexibility index (Phi) is 3.07. The SMILES string of the molecule is C#CC(=NC)c1cccc(Br)c1. The van der Waals surface area contributed by atoms with Crippen molar-refractivity contribution in [3.8, 4) is 12.3 Å². The number of benzene rings is 1. The molecule has 0 saturated carbocycles. The second kappa shape index (κ2) is 4.08. The lowest BCUT2D eigenvalue weighted by atomic mass is 10.1. The second-order valence-corrected chi connectivity index (χ2v) is 3.14. The Labute approximate surface area is 80.7 Å². The Morgan fingerprint density at radius 2 is 2.33 bits per heavy atom. The van der Waals surface area contributed by atoms with E-state index in [1.54, 1.807) is 7.05 Å². The summed E-state index contributed by atoms with van der Waals surface area (Å²) in [5, 5.41) is 0. The molecule has 2 heteroatoms. The smallest absolute Gasteiger partial charge is 0.114 e. The van der Waals surface area contributed by atoms with Crippen LogP contribution in [0, 0.1) is 12.3 Å². The predicted octanol–water partition coefficient (Wildman–Crippen LogP) is 2.50. The topological polar surface area (TPSA) is 12.4 Å². The zero-order valence-electron chi connectivity index (χ0n) is 6.71. The third-order valence-electron chi connectivity index (χ3n) is 1.46. The van der Waals surface area contributed by atoms with Gasteiger partial charge in [0.05, 0.1) is 0 Å². The number of hydrogen-bond donors (Lipinski definition) is 0. The molecule has 0 unspecified atom stereocenters. The second-order valence-electron chi connectivity index (χ2n) is 2.23. The maximum absolute atomic E-state index is 5.27. The highest BCUT2D eigenvalue weighted by Gasteiger charge is 1.97. The van der Waals surface area contributed by atoms with E-state index in [0.29, 0.717) is 5.71 Å². The summed E-state index contributed by atoms with van der Waals surface area (Å²) >= 11 is 3.37. The Morgan fingerprint density at radius 3 is 2.83 bits per heavy atom. The van der Waals surface area contributed by atoms with Crippen molar-refractivity contribution in [2.24, 2.45) is 4.99 Å². The van der Waals surface area contributed by atoms with Crippen molar-refractivity contribution in [1.29, 1.82) is 0 Å². The summed E-state index contributed by atoms with van der Waals surface area (Å²) in [5.74, 6) is 2.52. The van der Waals surface area contributed by atoms with Gasteiger partial charge in [0.15, 0.2) is 0 Å². The standard InChI is InChI=1S/C10H8BrN/c1-3-10(12-2)8-5-4-6-9(11)7-8/h1,4-7H,2H3. The minimum absolute atomic E-state index is 0.677. The number of nitrogens with zero attached hydrogens (tertiary/aromatic N) is 1. The third kappa shape index (κ3) is 1.96. The highest BCUT2D eigenvalue weighted by atomic mass is 79.9. The highest BCUT2D eigenvalue weighted by molar-refractivity contribution is 9.10. The minimum Gasteiger partial charge on any atom is -0.279 e. The molecule has 60 valence electrons. The van der Waals surface area contributed by atoms with Crippen LogP contribution in [0.5, 0.6) is 0 Å². The Morgan fingerprint density at radius 1 is 1.58 bits per heavy atom. The van der Waals surface area contributed by atoms with E-state index < -0.39 is 0 Å². The van der Waals surface area contributed by atoms with Crippen molar-refractivity contribution in [1.82, 2.24) is 0 Å². The summed E-state index contributed by atoms with van der Waals surface area (Å²) in [5.41, 5.74) is 1.64. The van der Waals surface area contributed by atoms with Gasteiger partial charge in [0.25, 0.3) is 0 Å². The zero-order valence-corrected chi connectivity index (χ0v) is 8.30. The van der Waals surface area contributed by atoms with E-state index >= 15 is 0 Å². The fourth-order valence-corrected chi connectivity index (χ4v) is 1.31. The van der Waals surface area contributed by atoms with E-state index in [2.05, 4.69) is 26.8 Å². The number of terminal acetylenes is 1. The fraction of sp³-hybridized carbons (Fsp3) is 0.100. The first-order chi connectivity index (χ1) is 5.77. The first-order valence-electron chi connectivity index (χ1n) is 3.47. The molecule has 0 fully saturated rings. The van der Waals surface area contributed by atoms with Gasteiger partial charge >= 0.3 is 0 Å². The average Bonchev–Trinajstić information content (AvgIpc) is 2.07. The molecule has 0 aliphatic rings. The van der Waals surface area contributed by atoms with Crippen LogP contribution in [0.3, 0.4) is 0 Å². The number of halogens is 1. The minimum atomic E-state index is 0.677. The molecular formula is C10H8BrN. The monoisotopic (exact) mass is 221 g/mol. The van der Waals surface area contributed by atoms with Gasteiger partial charge in [-0.3, -0.25) is 4.99 Å². The molecule has 12 heavy (non-hydrogen) atoms. The predicted molar refractivity (Wildman–Crippen MR) is 55.4 cm³/mol. The molecule has 0 amide bonds. The van der Waals surface area contributed by atoms with Gasteiger partial charge in [0, 0.05) is 17.1 Å². The lowest BCUT2D eigenvalue weighted by Crippen LogP contribution is -1.95. The molecule has 0 spiro atoms. The van der Waals surface area contributed by atoms with Crippen LogP contribution in [0.4, 0.5) is 0 Å². The van der Waals surface area contributed by atoms with Crippen molar-refractivity contribution >= 4 is 21.6 Å². The van der Waals surface area contributed by atoms with Crippen LogP contribution in [0.25, 0.3) is 0 Å². The molecule has 1 nitrogen and oxygen atoms in total. The van der Waals surface area contributed by atoms with Crippen LogP contribution in [-0.2, 0) is 0 Å². The third-order valence-corrected chi connectivity index (χ3v) is 1.95. The summed E-state index contributed by atoms with van der Waals surface area (Å²) in [6.45, 7) is 0. The number of hydrogen-bond acceptors (Lipinski definition) is 1. The van der Waals surface area contributed by atoms with E-state index in [1.807, 2.05) is 24.3 Å². The summed E-state index contributed by atoms with van der Waals surface area (Å²) in [6.07, 6.45) is 5.27. The van der Waals surface area contributed by atoms with Crippen molar-refractivity contribution in [3.05, 3.63) is 34.3 Å². The lowest BCUT2D eigenvalue weighted by Gasteiger charge is -1.97. The van der Waals surface area contributed by atoms with E-state index in [4.69, 9.17) is 6.42 Å². The highest BCUT2D eigenvalue weighted by Crippen LogP contribution is 2.12. The van der Waals surface area contributed by atoms with Crippen LogP contribution < -0.4 is 0 Å². The Hall–Kier alpha value is -1.07. The Balaban J connectivity index is 3.13. The van der Waals surface area contributed by atoms with Gasteiger partial charge in [-0.2, -0.15) is 0 Å². The van der Waals surface area contributed by atoms with Gasteiger partial charge in [-0.15, -0.1) is 6.42 Å². The molecule has 0 N–H and O–H groups in total. The quantitative estimate of drug-likeness (QED) is 0.511. The largest absolute Gasteiger partial charge is 0.279 e. The molecule has 1 rings (SSSR count). The molecule has 0 saturated heterocycles. The van der Waals surface area contributed by atoms with Crippen LogP contribution in [0.15, 0.2) is 33.7 Å². The van der Waals surface area contributed by atoms with E-state index in [1.165, 1.54) is 0 Å². The van der Waals surface area contributed by atoms with Crippen LogP contribution in [-0.4, -0.2) is 12.8 Å². The first kappa shape index (κ1) is 9.02. The summed E-state index contributed by atoms with van der Waals surface area (Å²) in [6, 6.07) is 7.77. The molecule has 0 aliphatic heterocycles. The van der Waals surface area contributed by atoms with Crippen LogP contribution in [0.2, 0.25) is 0 Å². The van der Waals surface area contributed by atoms with Gasteiger partial charge in [0.1, 0.15) is 5.71 Å². The van der Waals surface area contributed by atoms with Gasteiger partial charge < -0.3 is 0 Å². The zero-order chi connectivity index (χ0) is 8.97. The maximum Gasteiger partial charge on any atom is 0.114 e. The molecule has 0 bridgehead atoms. The van der Waals surface area contributed by atoms with Gasteiger partial charge in [0.2, 0.25) is 0 Å². The van der Waals surface area contributed by atoms with Crippen molar-refractivity contribution < 1.29 is 0 Å². The normalized spacial score (nSPS) is 10.9. The number of rotatable bonds is 1. The lowest BCUT2D eigenvalue weighted by molar-refractivity contribution is 1.44. The van der Waals surface area contributed by atoms with E-state index in [0.717, 1.165) is 10.0 Å². The fourth-order valence-electron chi connectivity index (χ4n) is 0.913. The van der Waals surface area contributed by atoms with Crippen molar-refractivity contribution in [2.45, 2.75) is 0 Å². The number of aliphatic imine (C=N–C) groups is 1. The Bertz CT molecular complexity index is 347. The summed E-state index contributed by atoms with van der Waals surface area (Å²) < 4.78 is 1.01. The van der Waals surface area contributed by atoms with Crippen molar-refractivity contribution in [2.75, 3.05) is 7.05 Å². The molecule has 1 aromatic rings. The summed E-state index contributed by atoms with van der Waals surface area (Å²) in [4.78, 5) is 3.98. The van der Waals surface area contributed by atoms with Gasteiger partial charge in [-0.25, -0.2) is 0 Å². The maximum atomic E-state index is 5.27. The average molecular weight is 222 g/mol. The van der Waals surface area contributed by atoms with E-state index in [-0.39, 0.29) is 0 Å². The van der Waals surface area contributed by atoms with Crippen molar-refractivity contribution in [3.63, 3.8) is 0 Å². The van der Waals surface area contributed by atoms with Gasteiger partial charge in [-0.1, -0.05) is 34.0 Å². The molecular weight excluding hydrogens is 214 g/mol. The van der Waals surface area contributed by atoms with Crippen LogP contribution >= 0.6 is 15.9 Å². The van der Waals surface area contributed by atoms with Crippen LogP contribution in [0.1, 0.15) is 5.56 Å². The molecule has 0 aromatic heterocycles.